The number of amides is 2. The number of rotatable bonds is 8. The van der Waals surface area contributed by atoms with Gasteiger partial charge in [-0.05, 0) is 61.7 Å². The molecule has 0 aromatic heterocycles. The predicted octanol–water partition coefficient (Wildman–Crippen LogP) is 6.93. The summed E-state index contributed by atoms with van der Waals surface area (Å²) in [6, 6.07) is 25.5. The summed E-state index contributed by atoms with van der Waals surface area (Å²) in [5, 5.41) is 5.82. The molecule has 248 valence electrons. The second kappa shape index (κ2) is 14.1. The lowest BCUT2D eigenvalue weighted by molar-refractivity contribution is -0.144. The Hall–Kier alpha value is -2.88. The lowest BCUT2D eigenvalue weighted by Gasteiger charge is -2.46. The first-order valence-corrected chi connectivity index (χ1v) is 18.3. The summed E-state index contributed by atoms with van der Waals surface area (Å²) in [5.41, 5.74) is -0.920. The number of hydrogen-bond donors (Lipinski definition) is 1. The molecule has 0 bridgehead atoms. The van der Waals surface area contributed by atoms with E-state index in [0.717, 1.165) is 10.4 Å². The Morgan fingerprint density at radius 1 is 0.870 bits per heavy atom. The van der Waals surface area contributed by atoms with Gasteiger partial charge in [0, 0.05) is 0 Å². The van der Waals surface area contributed by atoms with Crippen molar-refractivity contribution >= 4 is 53.9 Å². The summed E-state index contributed by atoms with van der Waals surface area (Å²) in [7, 11) is -2.90. The van der Waals surface area contributed by atoms with E-state index in [1.54, 1.807) is 17.0 Å². The van der Waals surface area contributed by atoms with Crippen LogP contribution >= 0.6 is 23.2 Å². The molecule has 0 radical (unpaired) electrons. The van der Waals surface area contributed by atoms with Gasteiger partial charge in [-0.25, -0.2) is 4.79 Å². The first kappa shape index (κ1) is 36.0. The van der Waals surface area contributed by atoms with Crippen LogP contribution in [0.1, 0.15) is 61.0 Å². The molecule has 2 amide bonds. The molecule has 1 aliphatic heterocycles. The summed E-state index contributed by atoms with van der Waals surface area (Å²) < 4.78 is 19.2. The van der Waals surface area contributed by atoms with Gasteiger partial charge < -0.3 is 19.2 Å². The van der Waals surface area contributed by atoms with Crippen LogP contribution in [0.25, 0.3) is 0 Å². The fraction of sp³-hybridized carbons (Fsp3) is 0.444. The molecule has 1 saturated heterocycles. The second-order valence-corrected chi connectivity index (χ2v) is 19.4. The zero-order valence-electron chi connectivity index (χ0n) is 28.0. The van der Waals surface area contributed by atoms with Crippen LogP contribution in [0.2, 0.25) is 15.1 Å². The van der Waals surface area contributed by atoms with Gasteiger partial charge in [-0.3, -0.25) is 9.69 Å². The number of nitrogens with zero attached hydrogens (tertiary/aromatic N) is 1. The fourth-order valence-corrected chi connectivity index (χ4v) is 11.1. The average molecular weight is 686 g/mol. The molecule has 4 rings (SSSR count). The largest absolute Gasteiger partial charge is 0.444 e. The van der Waals surface area contributed by atoms with E-state index in [1.807, 2.05) is 77.1 Å². The van der Waals surface area contributed by atoms with Crippen molar-refractivity contribution < 1.29 is 23.5 Å². The van der Waals surface area contributed by atoms with Crippen LogP contribution in [0.15, 0.2) is 78.9 Å². The Balaban J connectivity index is 1.63. The molecular weight excluding hydrogens is 639 g/mol. The topological polar surface area (TPSA) is 77.1 Å². The zero-order chi connectivity index (χ0) is 33.9. The standard InChI is InChI=1S/C36H46Cl2N2O5Si/c1-34(2,3)45-33(42)40-22-30(32(41)39-36(7,8)28-20-15-21-29(37)31(28)38)43-23-25(40)24-44-46(35(4,5)6,26-16-11-9-12-17-26)27-18-13-10-14-19-27/h9-21,25,30H,22-24H2,1-8H3,(H,39,41)/t25-,30-/m0/s1. The summed E-state index contributed by atoms with van der Waals surface area (Å²) in [4.78, 5) is 28.9. The van der Waals surface area contributed by atoms with Crippen LogP contribution < -0.4 is 15.7 Å². The number of halogens is 2. The number of carbonyl (C=O) groups excluding carboxylic acids is 2. The van der Waals surface area contributed by atoms with Crippen LogP contribution in [0.5, 0.6) is 0 Å². The van der Waals surface area contributed by atoms with Crippen LogP contribution in [0.4, 0.5) is 4.79 Å². The highest BCUT2D eigenvalue weighted by Gasteiger charge is 2.51. The summed E-state index contributed by atoms with van der Waals surface area (Å²) in [6.45, 7) is 16.0. The van der Waals surface area contributed by atoms with Crippen molar-refractivity contribution in [1.82, 2.24) is 10.2 Å². The van der Waals surface area contributed by atoms with Gasteiger partial charge in [-0.2, -0.15) is 0 Å². The molecule has 1 aliphatic rings. The van der Waals surface area contributed by atoms with Gasteiger partial charge in [-0.15, -0.1) is 0 Å². The molecule has 1 fully saturated rings. The number of carbonyl (C=O) groups is 2. The van der Waals surface area contributed by atoms with Crippen LogP contribution in [0, 0.1) is 0 Å². The summed E-state index contributed by atoms with van der Waals surface area (Å²) in [6.07, 6.45) is -1.46. The van der Waals surface area contributed by atoms with E-state index in [2.05, 4.69) is 50.4 Å². The minimum atomic E-state index is -2.90. The Labute approximate surface area is 284 Å². The number of morpholine rings is 1. The van der Waals surface area contributed by atoms with E-state index in [4.69, 9.17) is 37.1 Å². The number of benzene rings is 3. The molecular formula is C36H46Cl2N2O5Si. The predicted molar refractivity (Wildman–Crippen MR) is 188 cm³/mol. The van der Waals surface area contributed by atoms with E-state index in [0.29, 0.717) is 15.6 Å². The van der Waals surface area contributed by atoms with Crippen molar-refractivity contribution in [3.05, 3.63) is 94.5 Å². The van der Waals surface area contributed by atoms with Gasteiger partial charge in [0.05, 0.1) is 41.4 Å². The highest BCUT2D eigenvalue weighted by molar-refractivity contribution is 6.99. The van der Waals surface area contributed by atoms with Crippen LogP contribution in [0.3, 0.4) is 0 Å². The van der Waals surface area contributed by atoms with Gasteiger partial charge in [0.1, 0.15) is 5.60 Å². The van der Waals surface area contributed by atoms with Gasteiger partial charge in [0.2, 0.25) is 0 Å². The van der Waals surface area contributed by atoms with Crippen molar-refractivity contribution in [1.29, 1.82) is 0 Å². The Bertz CT molecular complexity index is 1470. The number of ether oxygens (including phenoxy) is 2. The molecule has 3 aromatic rings. The molecule has 1 heterocycles. The fourth-order valence-electron chi connectivity index (χ4n) is 5.96. The molecule has 0 saturated carbocycles. The van der Waals surface area contributed by atoms with E-state index >= 15 is 0 Å². The first-order valence-electron chi connectivity index (χ1n) is 15.6. The maximum absolute atomic E-state index is 13.7. The maximum Gasteiger partial charge on any atom is 0.410 e. The van der Waals surface area contributed by atoms with Crippen molar-refractivity contribution in [3.8, 4) is 0 Å². The van der Waals surface area contributed by atoms with Crippen LogP contribution in [-0.2, 0) is 24.2 Å². The van der Waals surface area contributed by atoms with Crippen molar-refractivity contribution in [2.24, 2.45) is 0 Å². The SMILES string of the molecule is CC(C)(C)OC(=O)N1C[C@@H](C(=O)NC(C)(C)c2cccc(Cl)c2Cl)OC[C@H]1CO[Si](c1ccccc1)(c1ccccc1)C(C)(C)C. The van der Waals surface area contributed by atoms with E-state index in [1.165, 1.54) is 0 Å². The van der Waals surface area contributed by atoms with Gasteiger partial charge in [-0.1, -0.05) is 117 Å². The second-order valence-electron chi connectivity index (χ2n) is 14.3. The summed E-state index contributed by atoms with van der Waals surface area (Å²) in [5.74, 6) is -0.374. The molecule has 0 aliphatic carbocycles. The van der Waals surface area contributed by atoms with Crippen molar-refractivity contribution in [2.75, 3.05) is 19.8 Å². The smallest absolute Gasteiger partial charge is 0.410 e. The lowest BCUT2D eigenvalue weighted by atomic mass is 9.93. The van der Waals surface area contributed by atoms with E-state index in [-0.39, 0.29) is 30.7 Å². The Morgan fingerprint density at radius 2 is 1.43 bits per heavy atom. The van der Waals surface area contributed by atoms with Crippen LogP contribution in [-0.4, -0.2) is 62.7 Å². The van der Waals surface area contributed by atoms with E-state index in [9.17, 15) is 9.59 Å². The molecule has 2 atom stereocenters. The quantitative estimate of drug-likeness (QED) is 0.261. The normalized spacial score (nSPS) is 17.8. The minimum absolute atomic E-state index is 0.00508. The Kier molecular flexibility index (Phi) is 11.0. The molecule has 1 N–H and O–H groups in total. The Morgan fingerprint density at radius 3 is 1.96 bits per heavy atom. The third-order valence-corrected chi connectivity index (χ3v) is 14.0. The zero-order valence-corrected chi connectivity index (χ0v) is 30.5. The summed E-state index contributed by atoms with van der Waals surface area (Å²) >= 11 is 12.7. The number of hydrogen-bond acceptors (Lipinski definition) is 5. The van der Waals surface area contributed by atoms with Gasteiger partial charge in [0.15, 0.2) is 6.10 Å². The molecule has 10 heteroatoms. The lowest BCUT2D eigenvalue weighted by Crippen LogP contribution is -2.68. The number of nitrogens with one attached hydrogen (secondary N) is 1. The third-order valence-electron chi connectivity index (χ3n) is 8.18. The minimum Gasteiger partial charge on any atom is -0.444 e. The molecule has 3 aromatic carbocycles. The van der Waals surface area contributed by atoms with Gasteiger partial charge in [0.25, 0.3) is 14.2 Å². The molecule has 46 heavy (non-hydrogen) atoms. The maximum atomic E-state index is 13.7. The van der Waals surface area contributed by atoms with Crippen molar-refractivity contribution in [3.63, 3.8) is 0 Å². The molecule has 0 spiro atoms. The highest BCUT2D eigenvalue weighted by Crippen LogP contribution is 2.37. The highest BCUT2D eigenvalue weighted by atomic mass is 35.5. The van der Waals surface area contributed by atoms with Gasteiger partial charge >= 0.3 is 6.09 Å². The monoisotopic (exact) mass is 684 g/mol. The first-order chi connectivity index (χ1) is 21.5. The molecule has 0 unspecified atom stereocenters. The average Bonchev–Trinajstić information content (AvgIpc) is 2.98. The molecule has 7 nitrogen and oxygen atoms in total. The third kappa shape index (κ3) is 7.97. The van der Waals surface area contributed by atoms with Crippen molar-refractivity contribution in [2.45, 2.75) is 83.7 Å². The van der Waals surface area contributed by atoms with E-state index < -0.39 is 37.7 Å².